The molecule has 126 valence electrons. The van der Waals surface area contributed by atoms with Crippen LogP contribution in [0.4, 0.5) is 21.8 Å². The number of para-hydroxylation sites is 1. The van der Waals surface area contributed by atoms with Crippen LogP contribution in [-0.4, -0.2) is 34.1 Å². The predicted molar refractivity (Wildman–Crippen MR) is 89.0 cm³/mol. The van der Waals surface area contributed by atoms with Crippen molar-refractivity contribution < 1.29 is 14.3 Å². The van der Waals surface area contributed by atoms with Crippen molar-refractivity contribution in [2.24, 2.45) is 5.92 Å². The fourth-order valence-corrected chi connectivity index (χ4v) is 2.81. The quantitative estimate of drug-likeness (QED) is 0.897. The number of piperidine rings is 1. The molecule has 24 heavy (non-hydrogen) atoms. The number of rotatable bonds is 4. The third-order valence-corrected chi connectivity index (χ3v) is 4.13. The molecule has 0 bridgehead atoms. The molecule has 2 heterocycles. The summed E-state index contributed by atoms with van der Waals surface area (Å²) in [5.74, 6) is -0.345. The summed E-state index contributed by atoms with van der Waals surface area (Å²) in [7, 11) is 0. The highest BCUT2D eigenvalue weighted by molar-refractivity contribution is 5.70. The summed E-state index contributed by atoms with van der Waals surface area (Å²) >= 11 is 0. The molecule has 3 rings (SSSR count). The molecule has 1 aliphatic rings. The lowest BCUT2D eigenvalue weighted by Crippen LogP contribution is -2.36. The molecule has 0 spiro atoms. The molecule has 7 heteroatoms. The van der Waals surface area contributed by atoms with Gasteiger partial charge in [-0.3, -0.25) is 4.79 Å². The molecule has 1 aromatic carbocycles. The van der Waals surface area contributed by atoms with Crippen molar-refractivity contribution in [1.82, 2.24) is 9.97 Å². The number of anilines is 3. The molecule has 0 radical (unpaired) electrons. The number of aryl methyl sites for hydroxylation is 1. The van der Waals surface area contributed by atoms with Gasteiger partial charge in [0.25, 0.3) is 0 Å². The summed E-state index contributed by atoms with van der Waals surface area (Å²) < 4.78 is 13.8. The van der Waals surface area contributed by atoms with Crippen LogP contribution in [0.1, 0.15) is 18.5 Å². The van der Waals surface area contributed by atoms with Crippen molar-refractivity contribution in [3.05, 3.63) is 41.8 Å². The maximum absolute atomic E-state index is 13.8. The van der Waals surface area contributed by atoms with Gasteiger partial charge in [-0.05, 0) is 31.9 Å². The molecule has 1 aliphatic heterocycles. The summed E-state index contributed by atoms with van der Waals surface area (Å²) in [6.45, 7) is 3.11. The Morgan fingerprint density at radius 3 is 2.67 bits per heavy atom. The minimum atomic E-state index is -0.740. The van der Waals surface area contributed by atoms with E-state index < -0.39 is 5.97 Å². The van der Waals surface area contributed by atoms with Gasteiger partial charge in [0.1, 0.15) is 11.6 Å². The minimum Gasteiger partial charge on any atom is -0.481 e. The molecule has 2 aromatic rings. The van der Waals surface area contributed by atoms with E-state index in [0.29, 0.717) is 37.6 Å². The number of carboxylic acid groups (broad SMARTS) is 1. The van der Waals surface area contributed by atoms with Crippen molar-refractivity contribution >= 4 is 23.4 Å². The standard InChI is InChI=1S/C17H19FN4O2/c1-11-10-15(22-8-6-12(7-9-22)16(23)24)21-17(19-11)20-14-5-3-2-4-13(14)18/h2-5,10,12H,6-9H2,1H3,(H,23,24)(H,19,20,21). The molecule has 1 fully saturated rings. The Hall–Kier alpha value is -2.70. The van der Waals surface area contributed by atoms with E-state index in [2.05, 4.69) is 15.3 Å². The molecule has 0 atom stereocenters. The maximum Gasteiger partial charge on any atom is 0.306 e. The first-order valence-corrected chi connectivity index (χ1v) is 7.88. The van der Waals surface area contributed by atoms with Crippen LogP contribution in [0.5, 0.6) is 0 Å². The van der Waals surface area contributed by atoms with Crippen LogP contribution < -0.4 is 10.2 Å². The van der Waals surface area contributed by atoms with Gasteiger partial charge in [-0.1, -0.05) is 12.1 Å². The third kappa shape index (κ3) is 3.61. The fraction of sp³-hybridized carbons (Fsp3) is 0.353. The molecular formula is C17H19FN4O2. The number of hydrogen-bond donors (Lipinski definition) is 2. The van der Waals surface area contributed by atoms with Gasteiger partial charge >= 0.3 is 5.97 Å². The zero-order chi connectivity index (χ0) is 17.1. The number of aliphatic carboxylic acids is 1. The predicted octanol–water partition coefficient (Wildman–Crippen LogP) is 2.97. The van der Waals surface area contributed by atoms with Crippen molar-refractivity contribution in [3.63, 3.8) is 0 Å². The zero-order valence-electron chi connectivity index (χ0n) is 13.4. The van der Waals surface area contributed by atoms with Gasteiger partial charge < -0.3 is 15.3 Å². The van der Waals surface area contributed by atoms with E-state index in [4.69, 9.17) is 5.11 Å². The number of nitrogens with one attached hydrogen (secondary N) is 1. The van der Waals surface area contributed by atoms with E-state index in [1.807, 2.05) is 17.9 Å². The van der Waals surface area contributed by atoms with Gasteiger partial charge in [0.05, 0.1) is 11.6 Å². The molecule has 6 nitrogen and oxygen atoms in total. The van der Waals surface area contributed by atoms with Crippen LogP contribution in [0.2, 0.25) is 0 Å². The second-order valence-corrected chi connectivity index (χ2v) is 5.90. The Bertz CT molecular complexity index is 745. The highest BCUT2D eigenvalue weighted by Crippen LogP contribution is 2.24. The van der Waals surface area contributed by atoms with Crippen LogP contribution >= 0.6 is 0 Å². The van der Waals surface area contributed by atoms with Crippen LogP contribution in [0, 0.1) is 18.7 Å². The molecule has 1 aromatic heterocycles. The number of aromatic nitrogens is 2. The summed E-state index contributed by atoms with van der Waals surface area (Å²) in [6.07, 6.45) is 1.18. The SMILES string of the molecule is Cc1cc(N2CCC(C(=O)O)CC2)nc(Nc2ccccc2F)n1. The summed E-state index contributed by atoms with van der Waals surface area (Å²) in [5.41, 5.74) is 1.08. The topological polar surface area (TPSA) is 78.4 Å². The van der Waals surface area contributed by atoms with E-state index in [-0.39, 0.29) is 11.7 Å². The molecule has 2 N–H and O–H groups in total. The van der Waals surface area contributed by atoms with Crippen molar-refractivity contribution in [2.75, 3.05) is 23.3 Å². The average molecular weight is 330 g/mol. The maximum atomic E-state index is 13.8. The van der Waals surface area contributed by atoms with Crippen LogP contribution in [0.25, 0.3) is 0 Å². The van der Waals surface area contributed by atoms with E-state index in [0.717, 1.165) is 11.5 Å². The Morgan fingerprint density at radius 2 is 2.00 bits per heavy atom. The number of carbonyl (C=O) groups is 1. The van der Waals surface area contributed by atoms with Crippen molar-refractivity contribution in [2.45, 2.75) is 19.8 Å². The summed E-state index contributed by atoms with van der Waals surface area (Å²) in [5, 5.41) is 12.0. The number of nitrogens with zero attached hydrogens (tertiary/aromatic N) is 3. The van der Waals surface area contributed by atoms with E-state index in [1.165, 1.54) is 6.07 Å². The molecular weight excluding hydrogens is 311 g/mol. The molecule has 0 aliphatic carbocycles. The first-order valence-electron chi connectivity index (χ1n) is 7.88. The van der Waals surface area contributed by atoms with Crippen LogP contribution in [0.3, 0.4) is 0 Å². The van der Waals surface area contributed by atoms with Crippen molar-refractivity contribution in [3.8, 4) is 0 Å². The summed E-state index contributed by atoms with van der Waals surface area (Å²) in [4.78, 5) is 21.8. The lowest BCUT2D eigenvalue weighted by molar-refractivity contribution is -0.142. The fourth-order valence-electron chi connectivity index (χ4n) is 2.81. The van der Waals surface area contributed by atoms with Gasteiger partial charge in [-0.2, -0.15) is 4.98 Å². The Morgan fingerprint density at radius 1 is 1.29 bits per heavy atom. The first kappa shape index (κ1) is 16.2. The third-order valence-electron chi connectivity index (χ3n) is 4.13. The molecule has 1 saturated heterocycles. The Balaban J connectivity index is 1.77. The minimum absolute atomic E-state index is 0.291. The number of carboxylic acids is 1. The number of halogens is 1. The van der Waals surface area contributed by atoms with E-state index in [1.54, 1.807) is 18.2 Å². The van der Waals surface area contributed by atoms with E-state index >= 15 is 0 Å². The Labute approximate surface area is 139 Å². The monoisotopic (exact) mass is 330 g/mol. The molecule has 0 unspecified atom stereocenters. The Kier molecular flexibility index (Phi) is 4.59. The van der Waals surface area contributed by atoms with E-state index in [9.17, 15) is 9.18 Å². The number of hydrogen-bond acceptors (Lipinski definition) is 5. The summed E-state index contributed by atoms with van der Waals surface area (Å²) in [6, 6.07) is 8.21. The van der Waals surface area contributed by atoms with Gasteiger partial charge in [0.2, 0.25) is 5.95 Å². The second-order valence-electron chi connectivity index (χ2n) is 5.90. The molecule has 0 amide bonds. The van der Waals surface area contributed by atoms with Gasteiger partial charge in [-0.15, -0.1) is 0 Å². The lowest BCUT2D eigenvalue weighted by Gasteiger charge is -2.31. The molecule has 0 saturated carbocycles. The zero-order valence-corrected chi connectivity index (χ0v) is 13.4. The highest BCUT2D eigenvalue weighted by Gasteiger charge is 2.25. The van der Waals surface area contributed by atoms with Crippen LogP contribution in [0.15, 0.2) is 30.3 Å². The van der Waals surface area contributed by atoms with Gasteiger partial charge in [0.15, 0.2) is 0 Å². The highest BCUT2D eigenvalue weighted by atomic mass is 19.1. The largest absolute Gasteiger partial charge is 0.481 e. The van der Waals surface area contributed by atoms with Crippen LogP contribution in [-0.2, 0) is 4.79 Å². The smallest absolute Gasteiger partial charge is 0.306 e. The average Bonchev–Trinajstić information content (AvgIpc) is 2.56. The normalized spacial score (nSPS) is 15.3. The van der Waals surface area contributed by atoms with Crippen molar-refractivity contribution in [1.29, 1.82) is 0 Å². The van der Waals surface area contributed by atoms with Gasteiger partial charge in [0, 0.05) is 24.8 Å². The lowest BCUT2D eigenvalue weighted by atomic mass is 9.97. The van der Waals surface area contributed by atoms with Gasteiger partial charge in [-0.25, -0.2) is 9.37 Å². The second kappa shape index (κ2) is 6.82. The first-order chi connectivity index (χ1) is 11.5. The number of benzene rings is 1.